The van der Waals surface area contributed by atoms with Crippen molar-refractivity contribution in [3.63, 3.8) is 0 Å². The molecule has 0 spiro atoms. The van der Waals surface area contributed by atoms with Crippen molar-refractivity contribution in [2.75, 3.05) is 10.3 Å². The minimum absolute atomic E-state index is 0.0539. The lowest BCUT2D eigenvalue weighted by Gasteiger charge is -2.51. The predicted molar refractivity (Wildman–Crippen MR) is 196 cm³/mol. The van der Waals surface area contributed by atoms with Crippen LogP contribution in [0.1, 0.15) is 39.9 Å². The van der Waals surface area contributed by atoms with Gasteiger partial charge in [-0.3, -0.25) is 29.5 Å². The number of carbonyl (C=O) groups is 5. The van der Waals surface area contributed by atoms with Gasteiger partial charge in [-0.2, -0.15) is 5.01 Å². The molecule has 3 fully saturated rings. The second kappa shape index (κ2) is 12.3. The summed E-state index contributed by atoms with van der Waals surface area (Å²) in [5.41, 5.74) is 6.12. The van der Waals surface area contributed by atoms with E-state index in [1.807, 2.05) is 55.5 Å². The second-order valence-electron chi connectivity index (χ2n) is 14.7. The Labute approximate surface area is 310 Å². The van der Waals surface area contributed by atoms with Crippen LogP contribution in [-0.4, -0.2) is 44.8 Å². The summed E-state index contributed by atoms with van der Waals surface area (Å²) in [4.78, 5) is 71.9. The largest absolute Gasteiger partial charge is 0.508 e. The summed E-state index contributed by atoms with van der Waals surface area (Å²) >= 11 is 0. The number of fused-ring (bicyclic) bond motifs is 5. The number of aromatic hydroxyl groups is 1. The first-order chi connectivity index (χ1) is 26.1. The first-order valence-corrected chi connectivity index (χ1v) is 17.9. The predicted octanol–water partition coefficient (Wildman–Crippen LogP) is 5.94. The third-order valence-electron chi connectivity index (χ3n) is 11.9. The number of nitrogens with one attached hydrogen (secondary N) is 1. The van der Waals surface area contributed by atoms with Gasteiger partial charge in [0.25, 0.3) is 11.8 Å². The van der Waals surface area contributed by atoms with Crippen LogP contribution in [0.25, 0.3) is 0 Å². The van der Waals surface area contributed by atoms with E-state index in [9.17, 15) is 29.4 Å². The number of carboxylic acid groups (broad SMARTS) is 1. The molecule has 3 N–H and O–H groups in total. The normalized spacial score (nSPS) is 26.9. The third-order valence-corrected chi connectivity index (χ3v) is 11.9. The van der Waals surface area contributed by atoms with E-state index in [0.29, 0.717) is 34.6 Å². The van der Waals surface area contributed by atoms with Crippen molar-refractivity contribution < 1.29 is 38.9 Å². The summed E-state index contributed by atoms with van der Waals surface area (Å²) in [6.07, 6.45) is 4.21. The fourth-order valence-electron chi connectivity index (χ4n) is 9.60. The van der Waals surface area contributed by atoms with E-state index in [4.69, 9.17) is 4.74 Å². The maximum Gasteiger partial charge on any atom is 0.335 e. The van der Waals surface area contributed by atoms with Crippen molar-refractivity contribution in [2.45, 2.75) is 31.6 Å². The number of aryl methyl sites for hydroxylation is 1. The smallest absolute Gasteiger partial charge is 0.335 e. The standard InChI is InChI=1S/C43H35N3O8/c1-23-10-12-28(13-11-23)44-46-39(49)34-21-33-31(15-16-32-36(33)40(50)45(38(32)48)29-9-5-6-24(19-29)41(51)52)37(43(34,42(46)53)27-7-3-2-4-8-27)26-18-25-20-30(47)14-17-35(25)54-22-26/h2-15,17,19-20,22,32-34,36-37,44,47H,16,18,21H2,1H3,(H,51,52). The number of carboxylic acids is 1. The van der Waals surface area contributed by atoms with Gasteiger partial charge < -0.3 is 14.9 Å². The Kier molecular flexibility index (Phi) is 7.59. The zero-order chi connectivity index (χ0) is 37.5. The molecule has 4 aromatic carbocycles. The zero-order valence-corrected chi connectivity index (χ0v) is 29.1. The minimum atomic E-state index is -1.46. The maximum absolute atomic E-state index is 15.4. The van der Waals surface area contributed by atoms with E-state index in [1.165, 1.54) is 24.3 Å². The van der Waals surface area contributed by atoms with Gasteiger partial charge in [0.15, 0.2) is 0 Å². The molecule has 0 radical (unpaired) electrons. The summed E-state index contributed by atoms with van der Waals surface area (Å²) in [7, 11) is 0. The number of hydrogen-bond donors (Lipinski definition) is 3. The number of carbonyl (C=O) groups excluding carboxylic acids is 4. The highest BCUT2D eigenvalue weighted by Crippen LogP contribution is 2.63. The molecular weight excluding hydrogens is 686 g/mol. The summed E-state index contributed by atoms with van der Waals surface area (Å²) in [6, 6.07) is 27.2. The van der Waals surface area contributed by atoms with Crippen molar-refractivity contribution >= 4 is 41.0 Å². The average Bonchev–Trinajstić information content (AvgIpc) is 3.56. The van der Waals surface area contributed by atoms with Crippen LogP contribution in [-0.2, 0) is 31.0 Å². The van der Waals surface area contributed by atoms with Gasteiger partial charge in [-0.25, -0.2) is 4.79 Å². The molecular formula is C43H35N3O8. The minimum Gasteiger partial charge on any atom is -0.508 e. The lowest BCUT2D eigenvalue weighted by Crippen LogP contribution is -2.55. The molecule has 2 aliphatic carbocycles. The Morgan fingerprint density at radius 1 is 0.870 bits per heavy atom. The fourth-order valence-corrected chi connectivity index (χ4v) is 9.60. The third kappa shape index (κ3) is 4.84. The number of rotatable bonds is 6. The average molecular weight is 722 g/mol. The maximum atomic E-state index is 15.4. The number of imide groups is 2. The number of nitrogens with zero attached hydrogens (tertiary/aromatic N) is 2. The summed E-state index contributed by atoms with van der Waals surface area (Å²) in [5.74, 6) is -6.30. The Morgan fingerprint density at radius 2 is 1.65 bits per heavy atom. The van der Waals surface area contributed by atoms with Crippen LogP contribution >= 0.6 is 0 Å². The fraction of sp³-hybridized carbons (Fsp3) is 0.233. The van der Waals surface area contributed by atoms with Crippen molar-refractivity contribution in [1.82, 2.24) is 5.01 Å². The highest BCUT2D eigenvalue weighted by molar-refractivity contribution is 6.23. The summed E-state index contributed by atoms with van der Waals surface area (Å²) < 4.78 is 6.18. The quantitative estimate of drug-likeness (QED) is 0.162. The zero-order valence-electron chi connectivity index (χ0n) is 29.1. The van der Waals surface area contributed by atoms with Crippen molar-refractivity contribution in [3.8, 4) is 11.5 Å². The number of benzene rings is 4. The summed E-state index contributed by atoms with van der Waals surface area (Å²) in [5, 5.41) is 21.2. The lowest BCUT2D eigenvalue weighted by atomic mass is 9.48. The van der Waals surface area contributed by atoms with Crippen LogP contribution in [0.5, 0.6) is 11.5 Å². The number of anilines is 2. The number of aromatic carboxylic acids is 1. The van der Waals surface area contributed by atoms with E-state index in [-0.39, 0.29) is 29.8 Å². The monoisotopic (exact) mass is 721 g/mol. The van der Waals surface area contributed by atoms with Gasteiger partial charge in [0.2, 0.25) is 11.8 Å². The first kappa shape index (κ1) is 33.4. The molecule has 6 atom stereocenters. The molecule has 4 amide bonds. The van der Waals surface area contributed by atoms with Crippen LogP contribution in [0.15, 0.2) is 121 Å². The van der Waals surface area contributed by atoms with Crippen LogP contribution < -0.4 is 15.1 Å². The molecule has 270 valence electrons. The number of hydrazine groups is 1. The highest BCUT2D eigenvalue weighted by Gasteiger charge is 2.70. The van der Waals surface area contributed by atoms with Crippen molar-refractivity contribution in [3.05, 3.63) is 143 Å². The Morgan fingerprint density at radius 3 is 2.41 bits per heavy atom. The van der Waals surface area contributed by atoms with Gasteiger partial charge in [0.1, 0.15) is 11.5 Å². The number of ether oxygens (including phenoxy) is 1. The Balaban J connectivity index is 1.21. The number of phenols is 1. The van der Waals surface area contributed by atoms with Crippen LogP contribution in [0.3, 0.4) is 0 Å². The topological polar surface area (TPSA) is 154 Å². The van der Waals surface area contributed by atoms with E-state index >= 15 is 4.79 Å². The number of hydrogen-bond acceptors (Lipinski definition) is 8. The van der Waals surface area contributed by atoms with Crippen molar-refractivity contribution in [1.29, 1.82) is 0 Å². The molecule has 0 aromatic heterocycles. The molecule has 2 saturated heterocycles. The van der Waals surface area contributed by atoms with Gasteiger partial charge in [-0.1, -0.05) is 65.7 Å². The highest BCUT2D eigenvalue weighted by atomic mass is 16.5. The van der Waals surface area contributed by atoms with Gasteiger partial charge >= 0.3 is 5.97 Å². The molecule has 6 unspecified atom stereocenters. The SMILES string of the molecule is Cc1ccc(NN2C(=O)C3CC4C(=CCC5C(=O)N(c6cccc(C(=O)O)c6)C(=O)C54)C(C4=COc5ccc(O)cc5C4)C3(c3ccccc3)C2=O)cc1. The molecule has 3 heterocycles. The first-order valence-electron chi connectivity index (χ1n) is 17.9. The van der Waals surface area contributed by atoms with Crippen molar-refractivity contribution in [2.24, 2.45) is 29.6 Å². The molecule has 0 bridgehead atoms. The second-order valence-corrected chi connectivity index (χ2v) is 14.7. The van der Waals surface area contributed by atoms with Gasteiger partial charge in [-0.15, -0.1) is 0 Å². The molecule has 4 aromatic rings. The molecule has 11 nitrogen and oxygen atoms in total. The van der Waals surface area contributed by atoms with Crippen LogP contribution in [0.4, 0.5) is 11.4 Å². The molecule has 5 aliphatic rings. The Hall–Kier alpha value is -6.49. The molecule has 54 heavy (non-hydrogen) atoms. The summed E-state index contributed by atoms with van der Waals surface area (Å²) in [6.45, 7) is 1.94. The van der Waals surface area contributed by atoms with Crippen LogP contribution in [0, 0.1) is 36.5 Å². The van der Waals surface area contributed by atoms with E-state index < -0.39 is 64.6 Å². The van der Waals surface area contributed by atoms with Gasteiger partial charge in [0.05, 0.1) is 46.4 Å². The molecule has 3 aliphatic heterocycles. The van der Waals surface area contributed by atoms with E-state index in [0.717, 1.165) is 21.0 Å². The number of allylic oxidation sites excluding steroid dienone is 3. The lowest BCUT2D eigenvalue weighted by molar-refractivity contribution is -0.139. The molecule has 1 saturated carbocycles. The van der Waals surface area contributed by atoms with Crippen LogP contribution in [0.2, 0.25) is 0 Å². The molecule has 11 heteroatoms. The molecule has 9 rings (SSSR count). The van der Waals surface area contributed by atoms with E-state index in [1.54, 1.807) is 36.6 Å². The van der Waals surface area contributed by atoms with Gasteiger partial charge in [0, 0.05) is 17.9 Å². The number of phenolic OH excluding ortho intramolecular Hbond substituents is 1. The number of amides is 4. The Bertz CT molecular complexity index is 2350. The van der Waals surface area contributed by atoms with E-state index in [2.05, 4.69) is 5.43 Å². The van der Waals surface area contributed by atoms with Gasteiger partial charge in [-0.05, 0) is 85.4 Å².